The Kier molecular flexibility index (Phi) is 3.97. The molecular formula is C12H14N4O3. The summed E-state index contributed by atoms with van der Waals surface area (Å²) in [6, 6.07) is 3.53. The van der Waals surface area contributed by atoms with E-state index in [-0.39, 0.29) is 0 Å². The highest BCUT2D eigenvalue weighted by Crippen LogP contribution is 2.33. The summed E-state index contributed by atoms with van der Waals surface area (Å²) in [5.74, 6) is 1.84. The molecular weight excluding hydrogens is 248 g/mol. The first kappa shape index (κ1) is 12.9. The molecule has 0 aliphatic carbocycles. The number of rotatable bonds is 5. The van der Waals surface area contributed by atoms with Crippen molar-refractivity contribution in [3.63, 3.8) is 0 Å². The van der Waals surface area contributed by atoms with E-state index in [1.807, 2.05) is 0 Å². The number of hydrogen-bond donors (Lipinski definition) is 0. The van der Waals surface area contributed by atoms with E-state index in [9.17, 15) is 0 Å². The SMILES string of the molecule is COc1cc(OC)c(OC)cc1/C=N/n1cnnc1. The van der Waals surface area contributed by atoms with Crippen LogP contribution >= 0.6 is 0 Å². The van der Waals surface area contributed by atoms with Crippen LogP contribution in [-0.2, 0) is 0 Å². The molecule has 100 valence electrons. The van der Waals surface area contributed by atoms with Crippen LogP contribution in [0.25, 0.3) is 0 Å². The third kappa shape index (κ3) is 2.82. The second-order valence-corrected chi connectivity index (χ2v) is 3.54. The Bertz CT molecular complexity index is 567. The first-order chi connectivity index (χ1) is 9.28. The lowest BCUT2D eigenvalue weighted by molar-refractivity contribution is 0.349. The van der Waals surface area contributed by atoms with Crippen LogP contribution in [0.15, 0.2) is 29.9 Å². The van der Waals surface area contributed by atoms with Gasteiger partial charge in [-0.05, 0) is 6.07 Å². The summed E-state index contributed by atoms with van der Waals surface area (Å²) < 4.78 is 17.2. The van der Waals surface area contributed by atoms with E-state index >= 15 is 0 Å². The van der Waals surface area contributed by atoms with Crippen molar-refractivity contribution in [2.24, 2.45) is 5.10 Å². The third-order valence-electron chi connectivity index (χ3n) is 2.47. The Labute approximate surface area is 110 Å². The summed E-state index contributed by atoms with van der Waals surface area (Å²) >= 11 is 0. The number of ether oxygens (including phenoxy) is 3. The van der Waals surface area contributed by atoms with Gasteiger partial charge in [-0.3, -0.25) is 0 Å². The van der Waals surface area contributed by atoms with Gasteiger partial charge < -0.3 is 14.2 Å². The maximum absolute atomic E-state index is 5.29. The Hall–Kier alpha value is -2.57. The highest BCUT2D eigenvalue weighted by Gasteiger charge is 2.10. The Morgan fingerprint density at radius 3 is 2.11 bits per heavy atom. The van der Waals surface area contributed by atoms with Gasteiger partial charge in [-0.2, -0.15) is 5.10 Å². The molecule has 0 saturated carbocycles. The highest BCUT2D eigenvalue weighted by atomic mass is 16.5. The van der Waals surface area contributed by atoms with Crippen LogP contribution < -0.4 is 14.2 Å². The van der Waals surface area contributed by atoms with Crippen LogP contribution in [-0.4, -0.2) is 42.4 Å². The lowest BCUT2D eigenvalue weighted by atomic mass is 10.2. The number of aromatic nitrogens is 3. The molecule has 19 heavy (non-hydrogen) atoms. The molecule has 7 nitrogen and oxygen atoms in total. The zero-order chi connectivity index (χ0) is 13.7. The number of methoxy groups -OCH3 is 3. The molecule has 0 aliphatic heterocycles. The monoisotopic (exact) mass is 262 g/mol. The van der Waals surface area contributed by atoms with E-state index in [1.54, 1.807) is 39.7 Å². The fraction of sp³-hybridized carbons (Fsp3) is 0.250. The van der Waals surface area contributed by atoms with Crippen molar-refractivity contribution in [3.8, 4) is 17.2 Å². The van der Waals surface area contributed by atoms with Gasteiger partial charge in [-0.25, -0.2) is 4.68 Å². The summed E-state index contributed by atoms with van der Waals surface area (Å²) in [6.45, 7) is 0. The van der Waals surface area contributed by atoms with E-state index < -0.39 is 0 Å². The lowest BCUT2D eigenvalue weighted by Gasteiger charge is -2.11. The van der Waals surface area contributed by atoms with Crippen molar-refractivity contribution in [2.45, 2.75) is 0 Å². The Morgan fingerprint density at radius 2 is 1.53 bits per heavy atom. The van der Waals surface area contributed by atoms with Crippen molar-refractivity contribution in [1.82, 2.24) is 14.9 Å². The molecule has 0 atom stereocenters. The number of benzene rings is 1. The van der Waals surface area contributed by atoms with Gasteiger partial charge in [-0.15, -0.1) is 10.2 Å². The zero-order valence-electron chi connectivity index (χ0n) is 10.9. The van der Waals surface area contributed by atoms with Gasteiger partial charge in [0.15, 0.2) is 11.5 Å². The first-order valence-electron chi connectivity index (χ1n) is 5.47. The van der Waals surface area contributed by atoms with Gasteiger partial charge >= 0.3 is 0 Å². The van der Waals surface area contributed by atoms with E-state index in [1.165, 1.54) is 17.3 Å². The fourth-order valence-corrected chi connectivity index (χ4v) is 1.54. The van der Waals surface area contributed by atoms with Crippen LogP contribution in [0.3, 0.4) is 0 Å². The second-order valence-electron chi connectivity index (χ2n) is 3.54. The third-order valence-corrected chi connectivity index (χ3v) is 2.47. The molecule has 0 fully saturated rings. The molecule has 0 spiro atoms. The molecule has 0 radical (unpaired) electrons. The maximum atomic E-state index is 5.29. The molecule has 0 N–H and O–H groups in total. The van der Waals surface area contributed by atoms with Crippen LogP contribution in [0.2, 0.25) is 0 Å². The molecule has 0 saturated heterocycles. The molecule has 0 amide bonds. The standard InChI is InChI=1S/C12H14N4O3/c1-17-10-5-12(19-3)11(18-2)4-9(10)6-15-16-7-13-14-8-16/h4-8H,1-3H3/b15-6+. The van der Waals surface area contributed by atoms with E-state index in [0.717, 1.165) is 5.56 Å². The summed E-state index contributed by atoms with van der Waals surface area (Å²) in [7, 11) is 4.73. The molecule has 1 aromatic heterocycles. The second kappa shape index (κ2) is 5.85. The number of hydrogen-bond acceptors (Lipinski definition) is 6. The van der Waals surface area contributed by atoms with Crippen LogP contribution in [0.4, 0.5) is 0 Å². The minimum absolute atomic E-state index is 0.598. The van der Waals surface area contributed by atoms with Gasteiger partial charge in [-0.1, -0.05) is 0 Å². The predicted molar refractivity (Wildman–Crippen MR) is 69.1 cm³/mol. The Balaban J connectivity index is 2.38. The molecule has 2 rings (SSSR count). The van der Waals surface area contributed by atoms with Gasteiger partial charge in [0.2, 0.25) is 0 Å². The van der Waals surface area contributed by atoms with E-state index in [4.69, 9.17) is 14.2 Å². The lowest BCUT2D eigenvalue weighted by Crippen LogP contribution is -1.97. The molecule has 2 aromatic rings. The predicted octanol–water partition coefficient (Wildman–Crippen LogP) is 1.19. The minimum Gasteiger partial charge on any atom is -0.496 e. The first-order valence-corrected chi connectivity index (χ1v) is 5.47. The van der Waals surface area contributed by atoms with Gasteiger partial charge in [0.1, 0.15) is 18.4 Å². The van der Waals surface area contributed by atoms with Crippen LogP contribution in [0, 0.1) is 0 Å². The van der Waals surface area contributed by atoms with Crippen molar-refractivity contribution in [1.29, 1.82) is 0 Å². The average Bonchev–Trinajstić information content (AvgIpc) is 2.97. The minimum atomic E-state index is 0.598. The van der Waals surface area contributed by atoms with Gasteiger partial charge in [0.05, 0.1) is 27.5 Å². The summed E-state index contributed by atoms with van der Waals surface area (Å²) in [5, 5.41) is 11.5. The highest BCUT2D eigenvalue weighted by molar-refractivity contribution is 5.85. The van der Waals surface area contributed by atoms with E-state index in [0.29, 0.717) is 17.2 Å². The summed E-state index contributed by atoms with van der Waals surface area (Å²) in [5.41, 5.74) is 0.758. The van der Waals surface area contributed by atoms with Gasteiger partial charge in [0.25, 0.3) is 0 Å². The fourth-order valence-electron chi connectivity index (χ4n) is 1.54. The average molecular weight is 262 g/mol. The van der Waals surface area contributed by atoms with Crippen molar-refractivity contribution in [2.75, 3.05) is 21.3 Å². The van der Waals surface area contributed by atoms with Crippen molar-refractivity contribution >= 4 is 6.21 Å². The van der Waals surface area contributed by atoms with Gasteiger partial charge in [0, 0.05) is 11.6 Å². The van der Waals surface area contributed by atoms with E-state index in [2.05, 4.69) is 15.3 Å². The largest absolute Gasteiger partial charge is 0.496 e. The summed E-state index contributed by atoms with van der Waals surface area (Å²) in [4.78, 5) is 0. The molecule has 0 unspecified atom stereocenters. The van der Waals surface area contributed by atoms with Crippen molar-refractivity contribution in [3.05, 3.63) is 30.4 Å². The zero-order valence-corrected chi connectivity index (χ0v) is 10.9. The van der Waals surface area contributed by atoms with Crippen molar-refractivity contribution < 1.29 is 14.2 Å². The quantitative estimate of drug-likeness (QED) is 0.757. The maximum Gasteiger partial charge on any atom is 0.164 e. The number of nitrogens with zero attached hydrogens (tertiary/aromatic N) is 4. The molecule has 0 bridgehead atoms. The van der Waals surface area contributed by atoms with Crippen LogP contribution in [0.5, 0.6) is 17.2 Å². The normalized spacial score (nSPS) is 10.7. The molecule has 7 heteroatoms. The van der Waals surface area contributed by atoms with Crippen LogP contribution in [0.1, 0.15) is 5.56 Å². The molecule has 1 heterocycles. The topological polar surface area (TPSA) is 70.8 Å². The summed E-state index contributed by atoms with van der Waals surface area (Å²) in [6.07, 6.45) is 4.61. The molecule has 1 aromatic carbocycles. The smallest absolute Gasteiger partial charge is 0.164 e. The Morgan fingerprint density at radius 1 is 0.947 bits per heavy atom. The molecule has 0 aliphatic rings.